The Morgan fingerprint density at radius 2 is 2.11 bits per heavy atom. The number of nitrogens with one attached hydrogen (secondary N) is 1. The molecular weight excluding hydrogens is 347 g/mol. The molecule has 6 heteroatoms. The Labute approximate surface area is 156 Å². The van der Waals surface area contributed by atoms with E-state index in [1.54, 1.807) is 24.4 Å². The standard InChI is InChI=1S/C21H19FN2O3/c22-16-4-1-5-17(12-16)27-20-8-10-26-13-19(20)24-21(25)15-6-7-18-14(11-15)3-2-9-23-18/h1-7,9,11-12,19-20H,8,10,13H2,(H,24,25)/t19-,20+/m1/s1. The molecule has 0 saturated carbocycles. The van der Waals surface area contributed by atoms with Crippen LogP contribution < -0.4 is 10.1 Å². The fraction of sp³-hybridized carbons (Fsp3) is 0.238. The second-order valence-electron chi connectivity index (χ2n) is 6.47. The van der Waals surface area contributed by atoms with Gasteiger partial charge in [-0.05, 0) is 36.4 Å². The molecule has 2 heterocycles. The molecule has 4 rings (SSSR count). The molecule has 3 aromatic rings. The summed E-state index contributed by atoms with van der Waals surface area (Å²) in [5.74, 6) is -0.119. The Morgan fingerprint density at radius 3 is 3.00 bits per heavy atom. The molecule has 1 N–H and O–H groups in total. The van der Waals surface area contributed by atoms with Gasteiger partial charge in [0.05, 0.1) is 24.8 Å². The number of amides is 1. The van der Waals surface area contributed by atoms with Gasteiger partial charge in [0.25, 0.3) is 5.91 Å². The van der Waals surface area contributed by atoms with Crippen molar-refractivity contribution in [3.63, 3.8) is 0 Å². The average Bonchev–Trinajstić information content (AvgIpc) is 2.69. The number of benzene rings is 2. The van der Waals surface area contributed by atoms with Crippen LogP contribution in [-0.4, -0.2) is 36.3 Å². The van der Waals surface area contributed by atoms with Crippen LogP contribution in [0.4, 0.5) is 4.39 Å². The summed E-state index contributed by atoms with van der Waals surface area (Å²) < 4.78 is 24.8. The van der Waals surface area contributed by atoms with E-state index in [0.29, 0.717) is 30.9 Å². The number of carbonyl (C=O) groups excluding carboxylic acids is 1. The summed E-state index contributed by atoms with van der Waals surface area (Å²) in [7, 11) is 0. The van der Waals surface area contributed by atoms with Gasteiger partial charge in [-0.3, -0.25) is 9.78 Å². The van der Waals surface area contributed by atoms with Crippen LogP contribution in [0, 0.1) is 5.82 Å². The van der Waals surface area contributed by atoms with Crippen LogP contribution in [0.5, 0.6) is 5.75 Å². The number of nitrogens with zero attached hydrogens (tertiary/aromatic N) is 1. The molecule has 27 heavy (non-hydrogen) atoms. The van der Waals surface area contributed by atoms with Gasteiger partial charge in [0, 0.05) is 29.6 Å². The number of rotatable bonds is 4. The quantitative estimate of drug-likeness (QED) is 0.769. The predicted molar refractivity (Wildman–Crippen MR) is 99.2 cm³/mol. The summed E-state index contributed by atoms with van der Waals surface area (Å²) in [4.78, 5) is 17.0. The molecule has 0 bridgehead atoms. The summed E-state index contributed by atoms with van der Waals surface area (Å²) in [6.45, 7) is 0.884. The lowest BCUT2D eigenvalue weighted by Gasteiger charge is -2.32. The first kappa shape index (κ1) is 17.4. The first-order chi connectivity index (χ1) is 13.2. The average molecular weight is 366 g/mol. The van der Waals surface area contributed by atoms with Gasteiger partial charge < -0.3 is 14.8 Å². The zero-order chi connectivity index (χ0) is 18.6. The molecule has 1 aliphatic rings. The van der Waals surface area contributed by atoms with Gasteiger partial charge in [0.2, 0.25) is 0 Å². The van der Waals surface area contributed by atoms with Crippen molar-refractivity contribution >= 4 is 16.8 Å². The number of hydrogen-bond acceptors (Lipinski definition) is 4. The van der Waals surface area contributed by atoms with E-state index in [0.717, 1.165) is 10.9 Å². The fourth-order valence-corrected chi connectivity index (χ4v) is 3.18. The highest BCUT2D eigenvalue weighted by Crippen LogP contribution is 2.20. The monoisotopic (exact) mass is 366 g/mol. The Morgan fingerprint density at radius 1 is 1.19 bits per heavy atom. The summed E-state index contributed by atoms with van der Waals surface area (Å²) in [6.07, 6.45) is 2.05. The normalized spacial score (nSPS) is 19.6. The molecular formula is C21H19FN2O3. The number of hydrogen-bond donors (Lipinski definition) is 1. The molecule has 0 aliphatic carbocycles. The minimum atomic E-state index is -0.357. The second kappa shape index (κ2) is 7.72. The molecule has 138 valence electrons. The third-order valence-electron chi connectivity index (χ3n) is 4.56. The van der Waals surface area contributed by atoms with Gasteiger partial charge in [-0.2, -0.15) is 0 Å². The summed E-state index contributed by atoms with van der Waals surface area (Å²) in [5.41, 5.74) is 1.38. The molecule has 1 fully saturated rings. The topological polar surface area (TPSA) is 60.5 Å². The summed E-state index contributed by atoms with van der Waals surface area (Å²) in [5, 5.41) is 3.88. The van der Waals surface area contributed by atoms with Gasteiger partial charge in [-0.1, -0.05) is 12.1 Å². The molecule has 0 radical (unpaired) electrons. The molecule has 2 aromatic carbocycles. The number of fused-ring (bicyclic) bond motifs is 1. The van der Waals surface area contributed by atoms with Crippen molar-refractivity contribution in [3.8, 4) is 5.75 Å². The molecule has 1 amide bonds. The van der Waals surface area contributed by atoms with E-state index < -0.39 is 0 Å². The highest BCUT2D eigenvalue weighted by molar-refractivity contribution is 5.98. The zero-order valence-electron chi connectivity index (χ0n) is 14.6. The van der Waals surface area contributed by atoms with Gasteiger partial charge in [0.1, 0.15) is 17.7 Å². The maximum absolute atomic E-state index is 13.4. The molecule has 0 spiro atoms. The van der Waals surface area contributed by atoms with E-state index in [-0.39, 0.29) is 23.9 Å². The van der Waals surface area contributed by atoms with Crippen LogP contribution in [0.25, 0.3) is 10.9 Å². The highest BCUT2D eigenvalue weighted by Gasteiger charge is 2.29. The highest BCUT2D eigenvalue weighted by atomic mass is 19.1. The lowest BCUT2D eigenvalue weighted by Crippen LogP contribution is -2.51. The van der Waals surface area contributed by atoms with E-state index in [4.69, 9.17) is 9.47 Å². The van der Waals surface area contributed by atoms with Crippen LogP contribution in [0.15, 0.2) is 60.8 Å². The lowest BCUT2D eigenvalue weighted by molar-refractivity contribution is -0.00297. The number of pyridine rings is 1. The SMILES string of the molecule is O=C(N[C@@H]1COCC[C@@H]1Oc1cccc(F)c1)c1ccc2ncccc2c1. The van der Waals surface area contributed by atoms with E-state index in [1.165, 1.54) is 12.1 Å². The zero-order valence-corrected chi connectivity index (χ0v) is 14.6. The molecule has 2 atom stereocenters. The Hall–Kier alpha value is -2.99. The molecule has 1 aromatic heterocycles. The van der Waals surface area contributed by atoms with E-state index in [2.05, 4.69) is 10.3 Å². The summed E-state index contributed by atoms with van der Waals surface area (Å²) >= 11 is 0. The maximum Gasteiger partial charge on any atom is 0.251 e. The van der Waals surface area contributed by atoms with Crippen molar-refractivity contribution < 1.29 is 18.7 Å². The Balaban J connectivity index is 1.49. The van der Waals surface area contributed by atoms with Crippen molar-refractivity contribution in [2.24, 2.45) is 0 Å². The van der Waals surface area contributed by atoms with E-state index >= 15 is 0 Å². The fourth-order valence-electron chi connectivity index (χ4n) is 3.18. The number of aromatic nitrogens is 1. The minimum absolute atomic E-state index is 0.205. The van der Waals surface area contributed by atoms with Crippen LogP contribution in [-0.2, 0) is 4.74 Å². The van der Waals surface area contributed by atoms with Gasteiger partial charge in [0.15, 0.2) is 0 Å². The predicted octanol–water partition coefficient (Wildman–Crippen LogP) is 3.34. The maximum atomic E-state index is 13.4. The lowest BCUT2D eigenvalue weighted by atomic mass is 10.0. The third-order valence-corrected chi connectivity index (χ3v) is 4.56. The Bertz CT molecular complexity index is 963. The number of carbonyl (C=O) groups is 1. The van der Waals surface area contributed by atoms with Crippen LogP contribution in [0.3, 0.4) is 0 Å². The first-order valence-corrected chi connectivity index (χ1v) is 8.85. The van der Waals surface area contributed by atoms with E-state index in [9.17, 15) is 9.18 Å². The molecule has 1 aliphatic heterocycles. The molecule has 1 saturated heterocycles. The number of halogens is 1. The van der Waals surface area contributed by atoms with Crippen molar-refractivity contribution in [2.45, 2.75) is 18.6 Å². The third kappa shape index (κ3) is 4.06. The second-order valence-corrected chi connectivity index (χ2v) is 6.47. The Kier molecular flexibility index (Phi) is 4.98. The van der Waals surface area contributed by atoms with Crippen molar-refractivity contribution in [3.05, 3.63) is 72.2 Å². The van der Waals surface area contributed by atoms with Crippen LogP contribution >= 0.6 is 0 Å². The van der Waals surface area contributed by atoms with Gasteiger partial charge >= 0.3 is 0 Å². The van der Waals surface area contributed by atoms with E-state index in [1.807, 2.05) is 24.3 Å². The first-order valence-electron chi connectivity index (χ1n) is 8.85. The van der Waals surface area contributed by atoms with Crippen molar-refractivity contribution in [1.82, 2.24) is 10.3 Å². The summed E-state index contributed by atoms with van der Waals surface area (Å²) in [6, 6.07) is 14.8. The van der Waals surface area contributed by atoms with Gasteiger partial charge in [-0.25, -0.2) is 4.39 Å². The van der Waals surface area contributed by atoms with Crippen LogP contribution in [0.1, 0.15) is 16.8 Å². The van der Waals surface area contributed by atoms with Gasteiger partial charge in [-0.15, -0.1) is 0 Å². The van der Waals surface area contributed by atoms with Crippen LogP contribution in [0.2, 0.25) is 0 Å². The smallest absolute Gasteiger partial charge is 0.251 e. The molecule has 0 unspecified atom stereocenters. The van der Waals surface area contributed by atoms with Crippen molar-refractivity contribution in [1.29, 1.82) is 0 Å². The number of ether oxygens (including phenoxy) is 2. The molecule has 5 nitrogen and oxygen atoms in total. The van der Waals surface area contributed by atoms with Crippen molar-refractivity contribution in [2.75, 3.05) is 13.2 Å². The largest absolute Gasteiger partial charge is 0.488 e. The minimum Gasteiger partial charge on any atom is -0.488 e.